The Kier molecular flexibility index (Phi) is 4.74. The van der Waals surface area contributed by atoms with Crippen molar-refractivity contribution in [3.05, 3.63) is 22.4 Å². The van der Waals surface area contributed by atoms with Gasteiger partial charge in [-0.05, 0) is 35.9 Å². The molecule has 1 unspecified atom stereocenters. The molecule has 0 bridgehead atoms. The first-order valence-electron chi connectivity index (χ1n) is 6.30. The summed E-state index contributed by atoms with van der Waals surface area (Å²) >= 11 is 1.68. The number of rotatable bonds is 6. The molecule has 1 aliphatic rings. The van der Waals surface area contributed by atoms with Crippen molar-refractivity contribution >= 4 is 17.2 Å². The second-order valence-corrected chi connectivity index (χ2v) is 5.71. The van der Waals surface area contributed by atoms with Crippen molar-refractivity contribution in [2.24, 2.45) is 0 Å². The first-order chi connectivity index (χ1) is 8.65. The summed E-state index contributed by atoms with van der Waals surface area (Å²) in [6, 6.07) is 2.09. The van der Waals surface area contributed by atoms with E-state index in [1.54, 1.807) is 16.2 Å². The molecule has 1 aromatic heterocycles. The van der Waals surface area contributed by atoms with E-state index in [-0.39, 0.29) is 5.91 Å². The Labute approximate surface area is 112 Å². The van der Waals surface area contributed by atoms with Gasteiger partial charge in [-0.25, -0.2) is 0 Å². The molecule has 0 spiro atoms. The van der Waals surface area contributed by atoms with E-state index in [1.807, 2.05) is 7.05 Å². The first-order valence-corrected chi connectivity index (χ1v) is 7.25. The van der Waals surface area contributed by atoms with Gasteiger partial charge in [0.1, 0.15) is 0 Å². The number of aliphatic hydroxyl groups excluding tert-OH is 1. The van der Waals surface area contributed by atoms with Gasteiger partial charge in [-0.1, -0.05) is 0 Å². The molecule has 1 saturated heterocycles. The summed E-state index contributed by atoms with van der Waals surface area (Å²) in [5, 5.41) is 14.2. The molecule has 0 aromatic carbocycles. The number of likely N-dealkylation sites (N-methyl/N-ethyl adjacent to an activating group) is 1. The maximum atomic E-state index is 11.5. The minimum absolute atomic E-state index is 0.175. The van der Waals surface area contributed by atoms with Crippen molar-refractivity contribution in [1.29, 1.82) is 0 Å². The summed E-state index contributed by atoms with van der Waals surface area (Å²) in [6.07, 6.45) is 1.10. The number of likely N-dealkylation sites (tertiary alicyclic amines) is 1. The fourth-order valence-corrected chi connectivity index (χ4v) is 2.99. The van der Waals surface area contributed by atoms with Gasteiger partial charge in [0.2, 0.25) is 5.91 Å². The predicted octanol–water partition coefficient (Wildman–Crippen LogP) is 1.16. The van der Waals surface area contributed by atoms with Gasteiger partial charge >= 0.3 is 0 Å². The second-order valence-electron chi connectivity index (χ2n) is 4.93. The van der Waals surface area contributed by atoms with E-state index in [4.69, 9.17) is 0 Å². The quantitative estimate of drug-likeness (QED) is 0.842. The van der Waals surface area contributed by atoms with Crippen molar-refractivity contribution in [3.63, 3.8) is 0 Å². The SMILES string of the molecule is CN(Cc1ccsc1)CC(O)CN1CCCC1=O. The molecule has 0 saturated carbocycles. The van der Waals surface area contributed by atoms with E-state index in [2.05, 4.69) is 21.7 Å². The lowest BCUT2D eigenvalue weighted by Crippen LogP contribution is -2.39. The third-order valence-electron chi connectivity index (χ3n) is 3.16. The van der Waals surface area contributed by atoms with E-state index >= 15 is 0 Å². The smallest absolute Gasteiger partial charge is 0.222 e. The Morgan fingerprint density at radius 3 is 3.06 bits per heavy atom. The van der Waals surface area contributed by atoms with Crippen LogP contribution in [0.2, 0.25) is 0 Å². The Balaban J connectivity index is 1.73. The van der Waals surface area contributed by atoms with Gasteiger partial charge < -0.3 is 10.0 Å². The topological polar surface area (TPSA) is 43.8 Å². The number of thiophene rings is 1. The average molecular weight is 268 g/mol. The van der Waals surface area contributed by atoms with Crippen LogP contribution in [0.5, 0.6) is 0 Å². The number of β-amino-alcohol motifs (C(OH)–C–C–N with tert-alkyl or cyclic N) is 1. The van der Waals surface area contributed by atoms with Crippen molar-refractivity contribution in [2.45, 2.75) is 25.5 Å². The molecule has 4 nitrogen and oxygen atoms in total. The van der Waals surface area contributed by atoms with Gasteiger partial charge in [0.25, 0.3) is 0 Å². The lowest BCUT2D eigenvalue weighted by molar-refractivity contribution is -0.129. The Bertz CT molecular complexity index is 380. The number of aliphatic hydroxyl groups is 1. The maximum absolute atomic E-state index is 11.5. The Morgan fingerprint density at radius 1 is 1.61 bits per heavy atom. The van der Waals surface area contributed by atoms with Crippen LogP contribution >= 0.6 is 11.3 Å². The Hall–Kier alpha value is -0.910. The molecule has 2 heterocycles. The highest BCUT2D eigenvalue weighted by Gasteiger charge is 2.22. The molecule has 1 amide bonds. The fraction of sp³-hybridized carbons (Fsp3) is 0.615. The lowest BCUT2D eigenvalue weighted by atomic mass is 10.2. The highest BCUT2D eigenvalue weighted by Crippen LogP contribution is 2.11. The predicted molar refractivity (Wildman–Crippen MR) is 72.5 cm³/mol. The van der Waals surface area contributed by atoms with E-state index in [1.165, 1.54) is 5.56 Å². The van der Waals surface area contributed by atoms with Gasteiger partial charge in [0.05, 0.1) is 6.10 Å². The van der Waals surface area contributed by atoms with Crippen LogP contribution in [0.1, 0.15) is 18.4 Å². The van der Waals surface area contributed by atoms with Crippen LogP contribution in [0.25, 0.3) is 0 Å². The normalized spacial score (nSPS) is 17.7. The minimum atomic E-state index is -0.462. The minimum Gasteiger partial charge on any atom is -0.390 e. The van der Waals surface area contributed by atoms with Crippen molar-refractivity contribution in [1.82, 2.24) is 9.80 Å². The largest absolute Gasteiger partial charge is 0.390 e. The van der Waals surface area contributed by atoms with E-state index < -0.39 is 6.10 Å². The summed E-state index contributed by atoms with van der Waals surface area (Å²) in [5.41, 5.74) is 1.27. The summed E-state index contributed by atoms with van der Waals surface area (Å²) in [4.78, 5) is 15.3. The van der Waals surface area contributed by atoms with Crippen molar-refractivity contribution in [3.8, 4) is 0 Å². The number of hydrogen-bond donors (Lipinski definition) is 1. The molecular formula is C13H20N2O2S. The second kappa shape index (κ2) is 6.31. The third-order valence-corrected chi connectivity index (χ3v) is 3.89. The van der Waals surface area contributed by atoms with Crippen LogP contribution < -0.4 is 0 Å². The molecule has 1 aliphatic heterocycles. The zero-order valence-corrected chi connectivity index (χ0v) is 11.5. The van der Waals surface area contributed by atoms with Crippen LogP contribution in [0.4, 0.5) is 0 Å². The molecule has 0 aliphatic carbocycles. The molecule has 100 valence electrons. The summed E-state index contributed by atoms with van der Waals surface area (Å²) in [7, 11) is 1.99. The van der Waals surface area contributed by atoms with Crippen LogP contribution in [-0.4, -0.2) is 53.6 Å². The molecule has 0 radical (unpaired) electrons. The zero-order valence-electron chi connectivity index (χ0n) is 10.7. The molecule has 1 atom stereocenters. The summed E-state index contributed by atoms with van der Waals surface area (Å²) in [6.45, 7) is 2.70. The van der Waals surface area contributed by atoms with Crippen molar-refractivity contribution < 1.29 is 9.90 Å². The molecule has 1 fully saturated rings. The first kappa shape index (κ1) is 13.5. The number of carbonyl (C=O) groups excluding carboxylic acids is 1. The van der Waals surface area contributed by atoms with Gasteiger partial charge in [0, 0.05) is 32.6 Å². The average Bonchev–Trinajstić information content (AvgIpc) is 2.91. The monoisotopic (exact) mass is 268 g/mol. The number of amides is 1. The highest BCUT2D eigenvalue weighted by atomic mass is 32.1. The molecule has 1 N–H and O–H groups in total. The molecule has 2 rings (SSSR count). The number of nitrogens with zero attached hydrogens (tertiary/aromatic N) is 2. The van der Waals surface area contributed by atoms with E-state index in [0.717, 1.165) is 19.5 Å². The number of carbonyl (C=O) groups is 1. The van der Waals surface area contributed by atoms with Gasteiger partial charge in [-0.3, -0.25) is 9.69 Å². The van der Waals surface area contributed by atoms with Gasteiger partial charge in [-0.2, -0.15) is 11.3 Å². The number of hydrogen-bond acceptors (Lipinski definition) is 4. The van der Waals surface area contributed by atoms with Crippen molar-refractivity contribution in [2.75, 3.05) is 26.7 Å². The van der Waals surface area contributed by atoms with Gasteiger partial charge in [-0.15, -0.1) is 0 Å². The van der Waals surface area contributed by atoms with E-state index in [0.29, 0.717) is 19.5 Å². The molecule has 1 aromatic rings. The van der Waals surface area contributed by atoms with Crippen LogP contribution in [0.3, 0.4) is 0 Å². The zero-order chi connectivity index (χ0) is 13.0. The Morgan fingerprint density at radius 2 is 2.44 bits per heavy atom. The highest BCUT2D eigenvalue weighted by molar-refractivity contribution is 7.07. The lowest BCUT2D eigenvalue weighted by Gasteiger charge is -2.24. The third kappa shape index (κ3) is 3.80. The molecular weight excluding hydrogens is 248 g/mol. The standard InChI is InChI=1S/C13H20N2O2S/c1-14(7-11-4-6-18-10-11)8-12(16)9-15-5-2-3-13(15)17/h4,6,10,12,16H,2-3,5,7-9H2,1H3. The molecule has 18 heavy (non-hydrogen) atoms. The summed E-state index contributed by atoms with van der Waals surface area (Å²) < 4.78 is 0. The van der Waals surface area contributed by atoms with E-state index in [9.17, 15) is 9.90 Å². The van der Waals surface area contributed by atoms with Crippen LogP contribution in [0, 0.1) is 0 Å². The summed E-state index contributed by atoms with van der Waals surface area (Å²) in [5.74, 6) is 0.175. The van der Waals surface area contributed by atoms with Crippen LogP contribution in [0.15, 0.2) is 16.8 Å². The van der Waals surface area contributed by atoms with Crippen LogP contribution in [-0.2, 0) is 11.3 Å². The fourth-order valence-electron chi connectivity index (χ4n) is 2.33. The molecule has 5 heteroatoms. The maximum Gasteiger partial charge on any atom is 0.222 e. The van der Waals surface area contributed by atoms with Gasteiger partial charge in [0.15, 0.2) is 0 Å².